The molecule has 1 saturated heterocycles. The van der Waals surface area contributed by atoms with Crippen molar-refractivity contribution in [2.75, 3.05) is 11.9 Å². The van der Waals surface area contributed by atoms with Crippen LogP contribution in [0.5, 0.6) is 0 Å². The molecule has 25 heavy (non-hydrogen) atoms. The molecule has 1 atom stereocenters. The molecular formula is C20H21NO3S. The number of aryl methyl sites for hydroxylation is 1. The molecule has 1 heterocycles. The summed E-state index contributed by atoms with van der Waals surface area (Å²) in [6.07, 6.45) is 1.34. The van der Waals surface area contributed by atoms with Gasteiger partial charge in [-0.3, -0.25) is 9.59 Å². The molecule has 130 valence electrons. The number of benzene rings is 2. The Balaban J connectivity index is 1.80. The van der Waals surface area contributed by atoms with Crippen molar-refractivity contribution in [1.29, 1.82) is 0 Å². The first-order valence-electron chi connectivity index (χ1n) is 8.35. The van der Waals surface area contributed by atoms with Gasteiger partial charge in [-0.1, -0.05) is 36.0 Å². The number of hydrogen-bond acceptors (Lipinski definition) is 4. The van der Waals surface area contributed by atoms with Crippen LogP contribution in [-0.2, 0) is 9.53 Å². The maximum Gasteiger partial charge on any atom is 0.253 e. The highest BCUT2D eigenvalue weighted by Crippen LogP contribution is 2.34. The van der Waals surface area contributed by atoms with Crippen LogP contribution in [0, 0.1) is 6.92 Å². The lowest BCUT2D eigenvalue weighted by molar-refractivity contribution is -0.124. The fraction of sp³-hybridized carbons (Fsp3) is 0.300. The number of amides is 1. The van der Waals surface area contributed by atoms with Crippen molar-refractivity contribution >= 4 is 29.1 Å². The van der Waals surface area contributed by atoms with Gasteiger partial charge in [-0.25, -0.2) is 0 Å². The molecule has 0 saturated carbocycles. The molecule has 1 aliphatic rings. The van der Waals surface area contributed by atoms with E-state index in [1.807, 2.05) is 49.4 Å². The number of nitrogens with one attached hydrogen (secondary N) is 1. The van der Waals surface area contributed by atoms with E-state index in [1.165, 1.54) is 11.8 Å². The van der Waals surface area contributed by atoms with Gasteiger partial charge in [-0.15, -0.1) is 0 Å². The summed E-state index contributed by atoms with van der Waals surface area (Å²) in [6, 6.07) is 13.4. The average Bonchev–Trinajstić information content (AvgIpc) is 3.13. The number of ketones is 1. The van der Waals surface area contributed by atoms with E-state index < -0.39 is 0 Å². The molecule has 5 heteroatoms. The molecule has 1 fully saturated rings. The van der Waals surface area contributed by atoms with Gasteiger partial charge < -0.3 is 10.1 Å². The molecule has 0 bridgehead atoms. The lowest BCUT2D eigenvalue weighted by Crippen LogP contribution is -2.26. The van der Waals surface area contributed by atoms with Gasteiger partial charge in [-0.2, -0.15) is 0 Å². The number of hydrogen-bond donors (Lipinski definition) is 1. The second kappa shape index (κ2) is 7.85. The zero-order valence-corrected chi connectivity index (χ0v) is 15.2. The molecule has 0 radical (unpaired) electrons. The highest BCUT2D eigenvalue weighted by atomic mass is 32.2. The van der Waals surface area contributed by atoms with Crippen molar-refractivity contribution in [3.05, 3.63) is 53.6 Å². The summed E-state index contributed by atoms with van der Waals surface area (Å²) in [5.41, 5.74) is 2.55. The Morgan fingerprint density at radius 3 is 2.68 bits per heavy atom. The van der Waals surface area contributed by atoms with Crippen LogP contribution >= 0.6 is 11.8 Å². The van der Waals surface area contributed by atoms with Crippen LogP contribution in [0.4, 0.5) is 5.69 Å². The second-order valence-electron chi connectivity index (χ2n) is 6.13. The van der Waals surface area contributed by atoms with Crippen molar-refractivity contribution in [3.63, 3.8) is 0 Å². The Hall–Kier alpha value is -2.11. The Kier molecular flexibility index (Phi) is 5.56. The summed E-state index contributed by atoms with van der Waals surface area (Å²) in [4.78, 5) is 26.0. The molecule has 0 spiro atoms. The molecule has 1 aliphatic heterocycles. The maximum absolute atomic E-state index is 12.2. The molecular weight excluding hydrogens is 334 g/mol. The highest BCUT2D eigenvalue weighted by molar-refractivity contribution is 7.99. The first-order valence-corrected chi connectivity index (χ1v) is 9.17. The van der Waals surface area contributed by atoms with Gasteiger partial charge >= 0.3 is 0 Å². The predicted octanol–water partition coefficient (Wildman–Crippen LogP) is 4.47. The van der Waals surface area contributed by atoms with Crippen LogP contribution in [0.25, 0.3) is 0 Å². The largest absolute Gasteiger partial charge is 0.368 e. The second-order valence-corrected chi connectivity index (χ2v) is 7.21. The molecule has 3 rings (SSSR count). The molecule has 2 aromatic carbocycles. The molecule has 1 amide bonds. The number of carbonyl (C=O) groups excluding carboxylic acids is 2. The van der Waals surface area contributed by atoms with E-state index in [0.29, 0.717) is 12.2 Å². The third-order valence-corrected chi connectivity index (χ3v) is 5.40. The summed E-state index contributed by atoms with van der Waals surface area (Å²) in [5.74, 6) is -0.0509. The number of ether oxygens (including phenoxy) is 1. The number of rotatable bonds is 5. The maximum atomic E-state index is 12.2. The third-order valence-electron chi connectivity index (χ3n) is 4.16. The monoisotopic (exact) mass is 355 g/mol. The lowest BCUT2D eigenvalue weighted by Gasteiger charge is -2.13. The minimum atomic E-state index is -0.351. The van der Waals surface area contributed by atoms with Gasteiger partial charge in [0.15, 0.2) is 5.78 Å². The predicted molar refractivity (Wildman–Crippen MR) is 99.4 cm³/mol. The summed E-state index contributed by atoms with van der Waals surface area (Å²) >= 11 is 1.54. The van der Waals surface area contributed by atoms with Crippen molar-refractivity contribution in [2.24, 2.45) is 0 Å². The van der Waals surface area contributed by atoms with Gasteiger partial charge in [0, 0.05) is 27.6 Å². The van der Waals surface area contributed by atoms with Gasteiger partial charge in [-0.05, 0) is 50.5 Å². The average molecular weight is 355 g/mol. The summed E-state index contributed by atoms with van der Waals surface area (Å²) in [6.45, 7) is 4.24. The molecule has 0 aromatic heterocycles. The van der Waals surface area contributed by atoms with Crippen molar-refractivity contribution in [1.82, 2.24) is 0 Å². The van der Waals surface area contributed by atoms with Crippen molar-refractivity contribution in [2.45, 2.75) is 42.6 Å². The highest BCUT2D eigenvalue weighted by Gasteiger charge is 2.23. The summed E-state index contributed by atoms with van der Waals surface area (Å²) in [5, 5.41) is 2.93. The quantitative estimate of drug-likeness (QED) is 0.804. The van der Waals surface area contributed by atoms with Gasteiger partial charge in [0.2, 0.25) is 0 Å². The van der Waals surface area contributed by atoms with Crippen LogP contribution in [0.2, 0.25) is 0 Å². The van der Waals surface area contributed by atoms with Gasteiger partial charge in [0.25, 0.3) is 5.91 Å². The Morgan fingerprint density at radius 1 is 1.16 bits per heavy atom. The lowest BCUT2D eigenvalue weighted by atomic mass is 10.1. The SMILES string of the molecule is CC(=O)c1ccccc1Sc1cc(NC(=O)[C@H]2CCCO2)ccc1C. The van der Waals surface area contributed by atoms with E-state index in [1.54, 1.807) is 6.92 Å². The first kappa shape index (κ1) is 17.7. The fourth-order valence-corrected chi connectivity index (χ4v) is 3.88. The van der Waals surface area contributed by atoms with Crippen molar-refractivity contribution < 1.29 is 14.3 Å². The van der Waals surface area contributed by atoms with E-state index in [2.05, 4.69) is 5.32 Å². The van der Waals surface area contributed by atoms with E-state index in [0.717, 1.165) is 33.9 Å². The fourth-order valence-electron chi connectivity index (χ4n) is 2.76. The molecule has 2 aromatic rings. The Labute approximate surface area is 152 Å². The molecule has 4 nitrogen and oxygen atoms in total. The molecule has 0 aliphatic carbocycles. The minimum Gasteiger partial charge on any atom is -0.368 e. The van der Waals surface area contributed by atoms with Gasteiger partial charge in [0.05, 0.1) is 0 Å². The van der Waals surface area contributed by atoms with Gasteiger partial charge in [0.1, 0.15) is 6.10 Å². The topological polar surface area (TPSA) is 55.4 Å². The Morgan fingerprint density at radius 2 is 1.96 bits per heavy atom. The molecule has 0 unspecified atom stereocenters. The van der Waals surface area contributed by atoms with Crippen molar-refractivity contribution in [3.8, 4) is 0 Å². The van der Waals surface area contributed by atoms with Crippen LogP contribution < -0.4 is 5.32 Å². The number of carbonyl (C=O) groups is 2. The standard InChI is InChI=1S/C20H21NO3S/c1-13-9-10-15(21-20(23)17-7-5-11-24-17)12-19(13)25-18-8-4-3-6-16(18)14(2)22/h3-4,6,8-10,12,17H,5,7,11H2,1-2H3,(H,21,23)/t17-/m1/s1. The van der Waals surface area contributed by atoms with E-state index in [9.17, 15) is 9.59 Å². The Bertz CT molecular complexity index is 797. The smallest absolute Gasteiger partial charge is 0.253 e. The van der Waals surface area contributed by atoms with E-state index in [-0.39, 0.29) is 17.8 Å². The van der Waals surface area contributed by atoms with E-state index >= 15 is 0 Å². The number of anilines is 1. The first-order chi connectivity index (χ1) is 12.0. The summed E-state index contributed by atoms with van der Waals surface area (Å²) < 4.78 is 5.42. The zero-order chi connectivity index (χ0) is 17.8. The minimum absolute atomic E-state index is 0.0450. The van der Waals surface area contributed by atoms with E-state index in [4.69, 9.17) is 4.74 Å². The number of Topliss-reactive ketones (excluding diaryl/α,β-unsaturated/α-hetero) is 1. The van der Waals surface area contributed by atoms with Crippen LogP contribution in [0.15, 0.2) is 52.3 Å². The van der Waals surface area contributed by atoms with Crippen LogP contribution in [0.3, 0.4) is 0 Å². The zero-order valence-electron chi connectivity index (χ0n) is 14.4. The van der Waals surface area contributed by atoms with Crippen LogP contribution in [0.1, 0.15) is 35.7 Å². The normalized spacial score (nSPS) is 16.6. The third kappa shape index (κ3) is 4.30. The molecule has 1 N–H and O–H groups in total. The van der Waals surface area contributed by atoms with Crippen LogP contribution in [-0.4, -0.2) is 24.4 Å². The summed E-state index contributed by atoms with van der Waals surface area (Å²) in [7, 11) is 0.